The molecule has 0 radical (unpaired) electrons. The lowest BCUT2D eigenvalue weighted by atomic mass is 9.91. The maximum Gasteiger partial charge on any atom is 0.271 e. The molecule has 0 aliphatic carbocycles. The first-order chi connectivity index (χ1) is 9.93. The van der Waals surface area contributed by atoms with Gasteiger partial charge >= 0.3 is 0 Å². The van der Waals surface area contributed by atoms with Crippen molar-refractivity contribution < 1.29 is 4.79 Å². The molecule has 2 bridgehead atoms. The zero-order chi connectivity index (χ0) is 14.9. The topological polar surface area (TPSA) is 54.3 Å². The van der Waals surface area contributed by atoms with E-state index in [2.05, 4.69) is 33.2 Å². The molecule has 4 heterocycles. The summed E-state index contributed by atoms with van der Waals surface area (Å²) in [6.07, 6.45) is 3.74. The predicted molar refractivity (Wildman–Crippen MR) is 82.7 cm³/mol. The maximum absolute atomic E-state index is 12.6. The molecule has 1 amide bonds. The Kier molecular flexibility index (Phi) is 2.85. The number of halogens is 2. The highest BCUT2D eigenvalue weighted by molar-refractivity contribution is 9.10. The van der Waals surface area contributed by atoms with Crippen LogP contribution in [0.25, 0.3) is 0 Å². The van der Waals surface area contributed by atoms with Gasteiger partial charge in [-0.25, -0.2) is 0 Å². The van der Waals surface area contributed by atoms with Crippen molar-refractivity contribution in [3.8, 4) is 0 Å². The first-order valence-corrected chi connectivity index (χ1v) is 8.26. The molecule has 1 aromatic heterocycles. The number of amides is 1. The Morgan fingerprint density at radius 3 is 2.57 bits per heavy atom. The molecule has 4 rings (SSSR count). The first-order valence-electron chi connectivity index (χ1n) is 7.09. The van der Waals surface area contributed by atoms with Gasteiger partial charge in [-0.05, 0) is 41.9 Å². The smallest absolute Gasteiger partial charge is 0.271 e. The minimum absolute atomic E-state index is 0.184. The van der Waals surface area contributed by atoms with Gasteiger partial charge < -0.3 is 10.2 Å². The fourth-order valence-corrected chi connectivity index (χ4v) is 5.05. The van der Waals surface area contributed by atoms with Crippen LogP contribution in [0.15, 0.2) is 15.3 Å². The molecule has 0 aromatic carbocycles. The lowest BCUT2D eigenvalue weighted by Gasteiger charge is -2.43. The lowest BCUT2D eigenvalue weighted by Crippen LogP contribution is -2.57. The molecule has 1 N–H and O–H groups in total. The highest BCUT2D eigenvalue weighted by Gasteiger charge is 2.53. The molecule has 2 saturated heterocycles. The van der Waals surface area contributed by atoms with Crippen LogP contribution in [0, 0.1) is 0 Å². The molecule has 0 saturated carbocycles. The summed E-state index contributed by atoms with van der Waals surface area (Å²) < 4.78 is 2.00. The minimum atomic E-state index is -0.616. The Labute approximate surface area is 135 Å². The molecule has 2 atom stereocenters. The number of piperidine rings is 1. The van der Waals surface area contributed by atoms with Crippen molar-refractivity contribution in [2.75, 3.05) is 7.05 Å². The summed E-state index contributed by atoms with van der Waals surface area (Å²) in [4.78, 5) is 27.3. The quantitative estimate of drug-likeness (QED) is 0.757. The number of rotatable bonds is 0. The summed E-state index contributed by atoms with van der Waals surface area (Å²) in [7, 11) is 2.13. The summed E-state index contributed by atoms with van der Waals surface area (Å²) >= 11 is 9.46. The van der Waals surface area contributed by atoms with Gasteiger partial charge in [0.1, 0.15) is 11.4 Å². The zero-order valence-corrected chi connectivity index (χ0v) is 13.9. The number of hydrogen-bond acceptors (Lipinski definition) is 3. The fourth-order valence-electron chi connectivity index (χ4n) is 4.23. The second kappa shape index (κ2) is 4.33. The number of pyridine rings is 1. The van der Waals surface area contributed by atoms with Crippen molar-refractivity contribution in [2.24, 2.45) is 0 Å². The normalized spacial score (nSPS) is 34.3. The molecule has 7 heteroatoms. The maximum atomic E-state index is 12.6. The van der Waals surface area contributed by atoms with E-state index >= 15 is 0 Å². The minimum Gasteiger partial charge on any atom is -0.327 e. The molecule has 2 fully saturated rings. The lowest BCUT2D eigenvalue weighted by molar-refractivity contribution is 0.0494. The van der Waals surface area contributed by atoms with Crippen molar-refractivity contribution in [1.29, 1.82) is 0 Å². The average Bonchev–Trinajstić information content (AvgIpc) is 2.79. The fraction of sp³-hybridized carbons (Fsp3) is 0.571. The summed E-state index contributed by atoms with van der Waals surface area (Å²) in [6, 6.07) is 2.32. The molecular formula is C14H15BrClN3O2. The Balaban J connectivity index is 1.93. The predicted octanol–water partition coefficient (Wildman–Crippen LogP) is 1.92. The van der Waals surface area contributed by atoms with E-state index in [1.165, 1.54) is 6.07 Å². The Morgan fingerprint density at radius 1 is 1.33 bits per heavy atom. The van der Waals surface area contributed by atoms with Crippen molar-refractivity contribution >= 4 is 33.4 Å². The number of nitrogens with zero attached hydrogens (tertiary/aromatic N) is 2. The Hall–Kier alpha value is -0.850. The molecule has 112 valence electrons. The van der Waals surface area contributed by atoms with E-state index in [9.17, 15) is 9.59 Å². The highest BCUT2D eigenvalue weighted by Crippen LogP contribution is 2.45. The molecule has 5 nitrogen and oxygen atoms in total. The third-order valence-corrected chi connectivity index (χ3v) is 6.09. The summed E-state index contributed by atoms with van der Waals surface area (Å²) in [5.41, 5.74) is -0.500. The molecular weight excluding hydrogens is 358 g/mol. The Bertz CT molecular complexity index is 703. The van der Waals surface area contributed by atoms with Crippen LogP contribution in [0.2, 0.25) is 5.02 Å². The van der Waals surface area contributed by atoms with E-state index in [0.717, 1.165) is 25.7 Å². The van der Waals surface area contributed by atoms with Crippen molar-refractivity contribution in [1.82, 2.24) is 14.8 Å². The monoisotopic (exact) mass is 371 g/mol. The summed E-state index contributed by atoms with van der Waals surface area (Å²) in [6.45, 7) is 0. The number of fused-ring (bicyclic) bond motifs is 4. The zero-order valence-electron chi connectivity index (χ0n) is 11.5. The van der Waals surface area contributed by atoms with Gasteiger partial charge in [0.05, 0.1) is 9.50 Å². The van der Waals surface area contributed by atoms with Crippen LogP contribution in [0.4, 0.5) is 0 Å². The standard InChI is InChI=1S/C14H15BrClN3O2/c1-18-7-2-3-8(18)6-14(5-7)17-12(20)11-10(16)4-9(15)13(21)19(11)14/h4,7-8H,2-3,5-6H2,1H3,(H,17,20). The third kappa shape index (κ3) is 1.72. The second-order valence-electron chi connectivity index (χ2n) is 6.27. The SMILES string of the molecule is CN1C2CCC1CC1(C2)NC(=O)c2c(Cl)cc(Br)c(=O)n21. The van der Waals surface area contributed by atoms with E-state index in [4.69, 9.17) is 11.6 Å². The molecule has 1 spiro atoms. The van der Waals surface area contributed by atoms with E-state index in [-0.39, 0.29) is 11.5 Å². The number of carbonyl (C=O) groups excluding carboxylic acids is 1. The van der Waals surface area contributed by atoms with Crippen LogP contribution in [0.3, 0.4) is 0 Å². The van der Waals surface area contributed by atoms with Crippen LogP contribution in [-0.2, 0) is 5.66 Å². The van der Waals surface area contributed by atoms with Gasteiger partial charge in [0.25, 0.3) is 11.5 Å². The number of aromatic nitrogens is 1. The van der Waals surface area contributed by atoms with E-state index in [1.54, 1.807) is 4.57 Å². The van der Waals surface area contributed by atoms with Gasteiger partial charge in [-0.2, -0.15) is 0 Å². The van der Waals surface area contributed by atoms with Gasteiger partial charge in [-0.15, -0.1) is 0 Å². The molecule has 21 heavy (non-hydrogen) atoms. The van der Waals surface area contributed by atoms with Crippen LogP contribution in [0.1, 0.15) is 36.2 Å². The van der Waals surface area contributed by atoms with E-state index < -0.39 is 5.66 Å². The van der Waals surface area contributed by atoms with Crippen LogP contribution in [-0.4, -0.2) is 34.5 Å². The van der Waals surface area contributed by atoms with Gasteiger partial charge in [-0.1, -0.05) is 11.6 Å². The van der Waals surface area contributed by atoms with Crippen molar-refractivity contribution in [2.45, 2.75) is 43.4 Å². The molecule has 3 aliphatic heterocycles. The highest BCUT2D eigenvalue weighted by atomic mass is 79.9. The van der Waals surface area contributed by atoms with Crippen LogP contribution < -0.4 is 10.9 Å². The molecule has 2 unspecified atom stereocenters. The van der Waals surface area contributed by atoms with Crippen molar-refractivity contribution in [3.05, 3.63) is 31.6 Å². The number of nitrogens with one attached hydrogen (secondary N) is 1. The van der Waals surface area contributed by atoms with Crippen LogP contribution in [0.5, 0.6) is 0 Å². The Morgan fingerprint density at radius 2 is 1.95 bits per heavy atom. The number of hydrogen-bond donors (Lipinski definition) is 1. The van der Waals surface area contributed by atoms with Gasteiger partial charge in [0.2, 0.25) is 0 Å². The molecule has 1 aromatic rings. The summed E-state index contributed by atoms with van der Waals surface area (Å²) in [5, 5.41) is 3.38. The van der Waals surface area contributed by atoms with E-state index in [1.807, 2.05) is 0 Å². The average molecular weight is 373 g/mol. The van der Waals surface area contributed by atoms with Gasteiger partial charge in [0.15, 0.2) is 0 Å². The van der Waals surface area contributed by atoms with E-state index in [0.29, 0.717) is 27.3 Å². The van der Waals surface area contributed by atoms with Gasteiger partial charge in [0, 0.05) is 24.9 Å². The largest absolute Gasteiger partial charge is 0.327 e. The van der Waals surface area contributed by atoms with Crippen molar-refractivity contribution in [3.63, 3.8) is 0 Å². The van der Waals surface area contributed by atoms with Gasteiger partial charge in [-0.3, -0.25) is 14.2 Å². The van der Waals surface area contributed by atoms with Crippen LogP contribution >= 0.6 is 27.5 Å². The number of carbonyl (C=O) groups is 1. The molecule has 3 aliphatic rings. The third-order valence-electron chi connectivity index (χ3n) is 5.23. The first kappa shape index (κ1) is 13.8. The second-order valence-corrected chi connectivity index (χ2v) is 7.54. The summed E-state index contributed by atoms with van der Waals surface area (Å²) in [5.74, 6) is -0.242.